The predicted molar refractivity (Wildman–Crippen MR) is 64.7 cm³/mol. The van der Waals surface area contributed by atoms with E-state index in [1.54, 1.807) is 18.3 Å². The largest absolute Gasteiger partial charge is 0.348 e. The molecule has 0 aliphatic carbocycles. The van der Waals surface area contributed by atoms with Gasteiger partial charge in [-0.15, -0.1) is 24.8 Å². The molecule has 0 saturated carbocycles. The molecule has 1 rings (SSSR count). The maximum atomic E-state index is 11.4. The summed E-state index contributed by atoms with van der Waals surface area (Å²) in [7, 11) is 0. The number of nitrogens with zero attached hydrogens (tertiary/aromatic N) is 1. The van der Waals surface area contributed by atoms with E-state index in [9.17, 15) is 4.79 Å². The molecule has 0 aliphatic heterocycles. The Hall–Kier alpha value is -0.840. The molecule has 0 unspecified atom stereocenters. The number of hydrogen-bond donors (Lipinski definition) is 2. The standard InChI is InChI=1S/C9H13N3O.2ClH/c1-7(5-10)12-9(13)8-3-2-4-11-6-8;;/h2-4,6-7H,5,10H2,1H3,(H,12,13);2*1H/t7-;;/m0../s1. The third-order valence-electron chi connectivity index (χ3n) is 1.65. The average Bonchev–Trinajstić information content (AvgIpc) is 2.19. The summed E-state index contributed by atoms with van der Waals surface area (Å²) in [6.45, 7) is 2.29. The first-order chi connectivity index (χ1) is 6.24. The zero-order chi connectivity index (χ0) is 9.68. The van der Waals surface area contributed by atoms with E-state index in [4.69, 9.17) is 5.73 Å². The number of rotatable bonds is 3. The molecular formula is C9H15Cl2N3O. The third kappa shape index (κ3) is 5.57. The highest BCUT2D eigenvalue weighted by Crippen LogP contribution is 1.95. The molecule has 0 aromatic carbocycles. The second-order valence-electron chi connectivity index (χ2n) is 2.85. The van der Waals surface area contributed by atoms with Crippen molar-refractivity contribution >= 4 is 30.7 Å². The highest BCUT2D eigenvalue weighted by molar-refractivity contribution is 5.93. The van der Waals surface area contributed by atoms with Crippen LogP contribution in [0.25, 0.3) is 0 Å². The topological polar surface area (TPSA) is 68.0 Å². The molecule has 6 heteroatoms. The molecule has 0 aliphatic rings. The Morgan fingerprint density at radius 2 is 2.27 bits per heavy atom. The van der Waals surface area contributed by atoms with Gasteiger partial charge in [0.25, 0.3) is 5.91 Å². The van der Waals surface area contributed by atoms with E-state index < -0.39 is 0 Å². The monoisotopic (exact) mass is 251 g/mol. The number of nitrogens with two attached hydrogens (primary N) is 1. The predicted octanol–water partition coefficient (Wildman–Crippen LogP) is 1.00. The Kier molecular flexibility index (Phi) is 9.36. The molecule has 0 spiro atoms. The summed E-state index contributed by atoms with van der Waals surface area (Å²) in [5.74, 6) is -0.133. The van der Waals surface area contributed by atoms with E-state index in [0.29, 0.717) is 12.1 Å². The zero-order valence-electron chi connectivity index (χ0n) is 8.34. The summed E-state index contributed by atoms with van der Waals surface area (Å²) in [5, 5.41) is 2.74. The van der Waals surface area contributed by atoms with Crippen LogP contribution in [0.3, 0.4) is 0 Å². The first kappa shape index (κ1) is 16.6. The molecule has 1 amide bonds. The van der Waals surface area contributed by atoms with Gasteiger partial charge in [-0.2, -0.15) is 0 Å². The molecule has 1 aromatic rings. The summed E-state index contributed by atoms with van der Waals surface area (Å²) < 4.78 is 0. The molecule has 1 atom stereocenters. The molecule has 0 bridgehead atoms. The van der Waals surface area contributed by atoms with Gasteiger partial charge in [0.15, 0.2) is 0 Å². The van der Waals surface area contributed by atoms with Crippen molar-refractivity contribution in [3.63, 3.8) is 0 Å². The second kappa shape index (κ2) is 8.47. The molecule has 1 aromatic heterocycles. The fourth-order valence-electron chi connectivity index (χ4n) is 0.863. The maximum absolute atomic E-state index is 11.4. The number of halogens is 2. The van der Waals surface area contributed by atoms with Gasteiger partial charge in [0, 0.05) is 25.0 Å². The van der Waals surface area contributed by atoms with Gasteiger partial charge in [0.05, 0.1) is 5.56 Å². The molecular weight excluding hydrogens is 237 g/mol. The van der Waals surface area contributed by atoms with Crippen molar-refractivity contribution < 1.29 is 4.79 Å². The van der Waals surface area contributed by atoms with Crippen molar-refractivity contribution in [1.82, 2.24) is 10.3 Å². The van der Waals surface area contributed by atoms with Crippen LogP contribution < -0.4 is 11.1 Å². The molecule has 86 valence electrons. The van der Waals surface area contributed by atoms with Gasteiger partial charge < -0.3 is 11.1 Å². The number of nitrogens with one attached hydrogen (secondary N) is 1. The lowest BCUT2D eigenvalue weighted by atomic mass is 10.2. The van der Waals surface area contributed by atoms with Gasteiger partial charge in [-0.05, 0) is 19.1 Å². The number of carbonyl (C=O) groups is 1. The van der Waals surface area contributed by atoms with Crippen LogP contribution in [0.1, 0.15) is 17.3 Å². The molecule has 0 radical (unpaired) electrons. The van der Waals surface area contributed by atoms with Crippen LogP contribution in [0.5, 0.6) is 0 Å². The van der Waals surface area contributed by atoms with Crippen molar-refractivity contribution in [3.8, 4) is 0 Å². The highest BCUT2D eigenvalue weighted by Gasteiger charge is 2.07. The van der Waals surface area contributed by atoms with Crippen LogP contribution in [0.4, 0.5) is 0 Å². The minimum atomic E-state index is -0.133. The Bertz CT molecular complexity index is 282. The quantitative estimate of drug-likeness (QED) is 0.843. The van der Waals surface area contributed by atoms with Crippen LogP contribution in [-0.4, -0.2) is 23.5 Å². The van der Waals surface area contributed by atoms with E-state index in [0.717, 1.165) is 0 Å². The van der Waals surface area contributed by atoms with Crippen molar-refractivity contribution in [2.75, 3.05) is 6.54 Å². The molecule has 1 heterocycles. The van der Waals surface area contributed by atoms with Gasteiger partial charge >= 0.3 is 0 Å². The average molecular weight is 252 g/mol. The Labute approximate surface area is 101 Å². The highest BCUT2D eigenvalue weighted by atomic mass is 35.5. The van der Waals surface area contributed by atoms with E-state index in [-0.39, 0.29) is 36.8 Å². The fraction of sp³-hybridized carbons (Fsp3) is 0.333. The summed E-state index contributed by atoms with van der Waals surface area (Å²) in [4.78, 5) is 15.3. The second-order valence-corrected chi connectivity index (χ2v) is 2.85. The smallest absolute Gasteiger partial charge is 0.253 e. The molecule has 3 N–H and O–H groups in total. The zero-order valence-corrected chi connectivity index (χ0v) is 9.98. The number of aromatic nitrogens is 1. The minimum absolute atomic E-state index is 0. The van der Waals surface area contributed by atoms with Crippen LogP contribution in [0, 0.1) is 0 Å². The van der Waals surface area contributed by atoms with Crippen molar-refractivity contribution in [2.24, 2.45) is 5.73 Å². The lowest BCUT2D eigenvalue weighted by Gasteiger charge is -2.10. The van der Waals surface area contributed by atoms with E-state index in [1.807, 2.05) is 6.92 Å². The van der Waals surface area contributed by atoms with Crippen LogP contribution in [-0.2, 0) is 0 Å². The summed E-state index contributed by atoms with van der Waals surface area (Å²) in [6.07, 6.45) is 3.15. The molecule has 4 nitrogen and oxygen atoms in total. The van der Waals surface area contributed by atoms with E-state index in [1.165, 1.54) is 6.20 Å². The number of hydrogen-bond acceptors (Lipinski definition) is 3. The molecule has 0 fully saturated rings. The Morgan fingerprint density at radius 1 is 1.60 bits per heavy atom. The van der Waals surface area contributed by atoms with Crippen molar-refractivity contribution in [3.05, 3.63) is 30.1 Å². The summed E-state index contributed by atoms with van der Waals surface area (Å²) in [6, 6.07) is 3.43. The first-order valence-electron chi connectivity index (χ1n) is 4.15. The fourth-order valence-corrected chi connectivity index (χ4v) is 0.863. The van der Waals surface area contributed by atoms with Gasteiger partial charge in [-0.1, -0.05) is 0 Å². The van der Waals surface area contributed by atoms with Gasteiger partial charge in [0.1, 0.15) is 0 Å². The van der Waals surface area contributed by atoms with Crippen LogP contribution in [0.15, 0.2) is 24.5 Å². The normalized spacial score (nSPS) is 10.5. The molecule has 15 heavy (non-hydrogen) atoms. The summed E-state index contributed by atoms with van der Waals surface area (Å²) >= 11 is 0. The van der Waals surface area contributed by atoms with Crippen LogP contribution >= 0.6 is 24.8 Å². The molecule has 0 saturated heterocycles. The van der Waals surface area contributed by atoms with Gasteiger partial charge in [-0.3, -0.25) is 9.78 Å². The number of amides is 1. The first-order valence-corrected chi connectivity index (χ1v) is 4.15. The maximum Gasteiger partial charge on any atom is 0.253 e. The Balaban J connectivity index is 0. The van der Waals surface area contributed by atoms with Gasteiger partial charge in [-0.25, -0.2) is 0 Å². The van der Waals surface area contributed by atoms with E-state index in [2.05, 4.69) is 10.3 Å². The summed E-state index contributed by atoms with van der Waals surface area (Å²) in [5.41, 5.74) is 5.93. The van der Waals surface area contributed by atoms with Crippen molar-refractivity contribution in [1.29, 1.82) is 0 Å². The Morgan fingerprint density at radius 3 is 2.73 bits per heavy atom. The van der Waals surface area contributed by atoms with Crippen LogP contribution in [0.2, 0.25) is 0 Å². The number of pyridine rings is 1. The van der Waals surface area contributed by atoms with Crippen molar-refractivity contribution in [2.45, 2.75) is 13.0 Å². The SMILES string of the molecule is C[C@@H](CN)NC(=O)c1cccnc1.Cl.Cl. The third-order valence-corrected chi connectivity index (χ3v) is 1.65. The van der Waals surface area contributed by atoms with Gasteiger partial charge in [0.2, 0.25) is 0 Å². The number of carbonyl (C=O) groups excluding carboxylic acids is 1. The van der Waals surface area contributed by atoms with E-state index >= 15 is 0 Å². The lowest BCUT2D eigenvalue weighted by Crippen LogP contribution is -2.37. The minimum Gasteiger partial charge on any atom is -0.348 e. The lowest BCUT2D eigenvalue weighted by molar-refractivity contribution is 0.0941.